The van der Waals surface area contributed by atoms with Crippen molar-refractivity contribution in [2.75, 3.05) is 13.1 Å². The van der Waals surface area contributed by atoms with Gasteiger partial charge in [-0.15, -0.1) is 0 Å². The van der Waals surface area contributed by atoms with Crippen LogP contribution in [0.3, 0.4) is 0 Å². The largest absolute Gasteiger partial charge is 0.452 e. The van der Waals surface area contributed by atoms with Gasteiger partial charge in [-0.2, -0.15) is 13.2 Å². The van der Waals surface area contributed by atoms with Crippen molar-refractivity contribution in [3.63, 3.8) is 0 Å². The quantitative estimate of drug-likeness (QED) is 0.711. The number of benzene rings is 1. The van der Waals surface area contributed by atoms with Gasteiger partial charge in [0, 0.05) is 31.1 Å². The summed E-state index contributed by atoms with van der Waals surface area (Å²) in [7, 11) is 0. The molecule has 1 aromatic rings. The third-order valence-electron chi connectivity index (χ3n) is 5.50. The van der Waals surface area contributed by atoms with E-state index in [1.165, 1.54) is 0 Å². The molecule has 8 heteroatoms. The first-order valence-electron chi connectivity index (χ1n) is 9.55. The third kappa shape index (κ3) is 4.36. The van der Waals surface area contributed by atoms with E-state index in [1.807, 2.05) is 6.07 Å². The molecule has 1 aromatic carbocycles. The Kier molecular flexibility index (Phi) is 6.05. The normalized spacial score (nSPS) is 22.5. The number of carbonyl (C=O) groups excluding carboxylic acids is 3. The van der Waals surface area contributed by atoms with Gasteiger partial charge in [-0.05, 0) is 32.1 Å². The molecule has 0 aliphatic carbocycles. The molecular formula is C20H23F3N2O3. The molecule has 2 aliphatic heterocycles. The molecule has 0 spiro atoms. The summed E-state index contributed by atoms with van der Waals surface area (Å²) in [4.78, 5) is 39.4. The first-order valence-corrected chi connectivity index (χ1v) is 9.55. The lowest BCUT2D eigenvalue weighted by atomic mass is 10.0. The van der Waals surface area contributed by atoms with E-state index in [1.54, 1.807) is 29.2 Å². The zero-order valence-corrected chi connectivity index (χ0v) is 15.5. The van der Waals surface area contributed by atoms with Crippen LogP contribution in [0.25, 0.3) is 0 Å². The Bertz CT molecular complexity index is 736. The molecule has 3 rings (SSSR count). The number of halogens is 3. The minimum Gasteiger partial charge on any atom is -0.322 e. The van der Waals surface area contributed by atoms with Crippen molar-refractivity contribution in [1.82, 2.24) is 9.80 Å². The van der Waals surface area contributed by atoms with Gasteiger partial charge in [0.15, 0.2) is 5.78 Å². The number of hydrogen-bond acceptors (Lipinski definition) is 3. The molecule has 2 amide bonds. The Morgan fingerprint density at radius 3 is 2.29 bits per heavy atom. The number of Topliss-reactive ketones (excluding diaryl/α,β-unsaturated/α-hetero) is 2. The summed E-state index contributed by atoms with van der Waals surface area (Å²) in [6.45, 7) is 0.587. The predicted molar refractivity (Wildman–Crippen MR) is 95.9 cm³/mol. The van der Waals surface area contributed by atoms with Gasteiger partial charge in [-0.3, -0.25) is 9.59 Å². The Morgan fingerprint density at radius 2 is 1.61 bits per heavy atom. The first-order chi connectivity index (χ1) is 13.3. The number of carbonyl (C=O) groups is 3. The lowest BCUT2D eigenvalue weighted by Gasteiger charge is -2.32. The standard InChI is InChI=1S/C20H23F3N2O3/c21-20(22,23)18(27)16-9-5-13-25(16)19(28)24-12-4-8-15(24)10-11-17(26)14-6-2-1-3-7-14/h1-3,6-7,15-16H,4-5,8-13H2. The summed E-state index contributed by atoms with van der Waals surface area (Å²) in [5.74, 6) is -1.88. The summed E-state index contributed by atoms with van der Waals surface area (Å²) >= 11 is 0. The Labute approximate surface area is 161 Å². The second-order valence-corrected chi connectivity index (χ2v) is 7.31. The summed E-state index contributed by atoms with van der Waals surface area (Å²) in [6.07, 6.45) is -2.35. The number of amides is 2. The summed E-state index contributed by atoms with van der Waals surface area (Å²) in [5, 5.41) is 0. The van der Waals surface area contributed by atoms with Crippen LogP contribution >= 0.6 is 0 Å². The molecule has 2 unspecified atom stereocenters. The van der Waals surface area contributed by atoms with Gasteiger partial charge in [-0.1, -0.05) is 30.3 Å². The molecule has 0 saturated carbocycles. The fourth-order valence-electron chi connectivity index (χ4n) is 4.08. The summed E-state index contributed by atoms with van der Waals surface area (Å²) in [6, 6.07) is 6.71. The minimum atomic E-state index is -4.94. The molecule has 0 aromatic heterocycles. The van der Waals surface area contributed by atoms with Crippen LogP contribution in [0.15, 0.2) is 30.3 Å². The molecule has 2 saturated heterocycles. The van der Waals surface area contributed by atoms with Crippen molar-refractivity contribution in [2.45, 2.75) is 56.8 Å². The zero-order chi connectivity index (χ0) is 20.3. The molecule has 5 nitrogen and oxygen atoms in total. The van der Waals surface area contributed by atoms with Crippen LogP contribution < -0.4 is 0 Å². The highest BCUT2D eigenvalue weighted by atomic mass is 19.4. The molecule has 2 fully saturated rings. The number of likely N-dealkylation sites (tertiary alicyclic amines) is 2. The molecule has 2 aliphatic rings. The van der Waals surface area contributed by atoms with E-state index in [0.717, 1.165) is 11.3 Å². The van der Waals surface area contributed by atoms with Crippen molar-refractivity contribution in [3.8, 4) is 0 Å². The number of alkyl halides is 3. The number of ketones is 2. The van der Waals surface area contributed by atoms with E-state index in [2.05, 4.69) is 0 Å². The van der Waals surface area contributed by atoms with Gasteiger partial charge < -0.3 is 9.80 Å². The van der Waals surface area contributed by atoms with Gasteiger partial charge in [0.25, 0.3) is 5.78 Å². The summed E-state index contributed by atoms with van der Waals surface area (Å²) < 4.78 is 38.5. The highest BCUT2D eigenvalue weighted by molar-refractivity contribution is 5.96. The van der Waals surface area contributed by atoms with Crippen LogP contribution in [0, 0.1) is 0 Å². The smallest absolute Gasteiger partial charge is 0.322 e. The molecule has 28 heavy (non-hydrogen) atoms. The summed E-state index contributed by atoms with van der Waals surface area (Å²) in [5.41, 5.74) is 0.605. The van der Waals surface area contributed by atoms with Gasteiger partial charge in [0.05, 0.1) is 0 Å². The zero-order valence-electron chi connectivity index (χ0n) is 15.5. The second-order valence-electron chi connectivity index (χ2n) is 7.31. The maximum atomic E-state index is 12.9. The highest BCUT2D eigenvalue weighted by Gasteiger charge is 2.49. The maximum absolute atomic E-state index is 12.9. The predicted octanol–water partition coefficient (Wildman–Crippen LogP) is 3.83. The van der Waals surface area contributed by atoms with Crippen molar-refractivity contribution in [2.24, 2.45) is 0 Å². The van der Waals surface area contributed by atoms with Crippen LogP contribution in [0.2, 0.25) is 0 Å². The van der Waals surface area contributed by atoms with E-state index < -0.39 is 24.0 Å². The molecule has 152 valence electrons. The lowest BCUT2D eigenvalue weighted by molar-refractivity contribution is -0.175. The molecular weight excluding hydrogens is 373 g/mol. The van der Waals surface area contributed by atoms with Crippen LogP contribution in [0.1, 0.15) is 48.9 Å². The van der Waals surface area contributed by atoms with Crippen LogP contribution in [0.4, 0.5) is 18.0 Å². The minimum absolute atomic E-state index is 0.0220. The second kappa shape index (κ2) is 8.32. The fraction of sp³-hybridized carbons (Fsp3) is 0.550. The molecule has 0 bridgehead atoms. The first kappa shape index (κ1) is 20.4. The molecule has 0 N–H and O–H groups in total. The Hall–Kier alpha value is -2.38. The average Bonchev–Trinajstić information content (AvgIpc) is 3.34. The van der Waals surface area contributed by atoms with Gasteiger partial charge in [0.2, 0.25) is 0 Å². The van der Waals surface area contributed by atoms with Gasteiger partial charge in [-0.25, -0.2) is 4.79 Å². The monoisotopic (exact) mass is 396 g/mol. The topological polar surface area (TPSA) is 57.7 Å². The number of nitrogens with zero attached hydrogens (tertiary/aromatic N) is 2. The molecule has 0 radical (unpaired) electrons. The van der Waals surface area contributed by atoms with Crippen molar-refractivity contribution < 1.29 is 27.6 Å². The van der Waals surface area contributed by atoms with Crippen LogP contribution in [-0.4, -0.2) is 58.7 Å². The van der Waals surface area contributed by atoms with E-state index in [4.69, 9.17) is 0 Å². The fourth-order valence-corrected chi connectivity index (χ4v) is 4.08. The third-order valence-corrected chi connectivity index (χ3v) is 5.50. The van der Waals surface area contributed by atoms with Gasteiger partial charge in [0.1, 0.15) is 6.04 Å². The Morgan fingerprint density at radius 1 is 0.964 bits per heavy atom. The average molecular weight is 396 g/mol. The highest BCUT2D eigenvalue weighted by Crippen LogP contribution is 2.30. The lowest BCUT2D eigenvalue weighted by Crippen LogP contribution is -2.52. The number of urea groups is 1. The maximum Gasteiger partial charge on any atom is 0.452 e. The molecule has 2 atom stereocenters. The molecule has 2 heterocycles. The SMILES string of the molecule is O=C(CCC1CCCN1C(=O)N1CCCC1C(=O)C(F)(F)F)c1ccccc1. The number of hydrogen-bond donors (Lipinski definition) is 0. The van der Waals surface area contributed by atoms with Crippen LogP contribution in [0.5, 0.6) is 0 Å². The van der Waals surface area contributed by atoms with Crippen molar-refractivity contribution in [3.05, 3.63) is 35.9 Å². The number of rotatable bonds is 5. The van der Waals surface area contributed by atoms with Crippen LogP contribution in [-0.2, 0) is 4.79 Å². The van der Waals surface area contributed by atoms with E-state index in [9.17, 15) is 27.6 Å². The van der Waals surface area contributed by atoms with E-state index in [-0.39, 0.29) is 31.2 Å². The van der Waals surface area contributed by atoms with Gasteiger partial charge >= 0.3 is 12.2 Å². The van der Waals surface area contributed by atoms with E-state index >= 15 is 0 Å². The van der Waals surface area contributed by atoms with E-state index in [0.29, 0.717) is 31.4 Å². The van der Waals surface area contributed by atoms with Crippen molar-refractivity contribution >= 4 is 17.6 Å². The van der Waals surface area contributed by atoms with Crippen molar-refractivity contribution in [1.29, 1.82) is 0 Å². The Balaban J connectivity index is 1.62.